The first-order valence-corrected chi connectivity index (χ1v) is 10.6. The first-order chi connectivity index (χ1) is 12.6. The zero-order valence-corrected chi connectivity index (χ0v) is 16.7. The third kappa shape index (κ3) is 4.41. The Morgan fingerprint density at radius 3 is 2.85 bits per heavy atom. The second-order valence-corrected chi connectivity index (χ2v) is 9.61. The molecule has 2 aliphatic rings. The number of amidine groups is 1. The van der Waals surface area contributed by atoms with Gasteiger partial charge in [0.2, 0.25) is 5.91 Å². The van der Waals surface area contributed by atoms with Crippen LogP contribution in [0.25, 0.3) is 0 Å². The highest BCUT2D eigenvalue weighted by Crippen LogP contribution is 2.28. The Morgan fingerprint density at radius 2 is 2.15 bits per heavy atom. The molecule has 0 spiro atoms. The molecule has 1 aromatic rings. The molecule has 0 unspecified atom stereocenters. The molecule has 0 aromatic heterocycles. The van der Waals surface area contributed by atoms with Crippen LogP contribution in [0.3, 0.4) is 0 Å². The predicted molar refractivity (Wildman–Crippen MR) is 103 cm³/mol. The third-order valence-corrected chi connectivity index (χ3v) is 5.69. The van der Waals surface area contributed by atoms with Crippen molar-refractivity contribution in [2.45, 2.75) is 45.4 Å². The van der Waals surface area contributed by atoms with Crippen LogP contribution < -0.4 is 15.9 Å². The van der Waals surface area contributed by atoms with E-state index >= 15 is 0 Å². The van der Waals surface area contributed by atoms with Crippen LogP contribution in [0.15, 0.2) is 22.6 Å². The smallest absolute Gasteiger partial charge is 0.259 e. The first kappa shape index (κ1) is 19.6. The van der Waals surface area contributed by atoms with Crippen LogP contribution in [0.4, 0.5) is 0 Å². The Morgan fingerprint density at radius 1 is 1.41 bits per heavy atom. The molecule has 148 valence electrons. The maximum absolute atomic E-state index is 12.5. The lowest BCUT2D eigenvalue weighted by Gasteiger charge is -2.37. The van der Waals surface area contributed by atoms with E-state index in [0.29, 0.717) is 30.0 Å². The molecule has 27 heavy (non-hydrogen) atoms. The molecular formula is C18H26N4O4S. The molecule has 2 heterocycles. The minimum absolute atomic E-state index is 0.0219. The molecule has 0 aliphatic carbocycles. The number of hydrogen-bond acceptors (Lipinski definition) is 6. The quantitative estimate of drug-likeness (QED) is 0.795. The number of fused-ring (bicyclic) bond motifs is 1. The van der Waals surface area contributed by atoms with Crippen molar-refractivity contribution < 1.29 is 17.9 Å². The van der Waals surface area contributed by atoms with Gasteiger partial charge in [-0.25, -0.2) is 13.8 Å². The minimum Gasteiger partial charge on any atom is -0.491 e. The minimum atomic E-state index is -3.58. The molecule has 8 nitrogen and oxygen atoms in total. The Bertz CT molecular complexity index is 874. The van der Waals surface area contributed by atoms with Gasteiger partial charge < -0.3 is 10.5 Å². The number of sulfonamides is 1. The molecule has 1 amide bonds. The predicted octanol–water partition coefficient (Wildman–Crippen LogP) is 1.16. The molecule has 2 aliphatic heterocycles. The number of nitrogens with zero attached hydrogens (tertiary/aromatic N) is 2. The lowest BCUT2D eigenvalue weighted by molar-refractivity contribution is -0.145. The molecule has 1 atom stereocenters. The molecule has 9 heteroatoms. The summed E-state index contributed by atoms with van der Waals surface area (Å²) in [5.74, 6) is 0.319. The lowest BCUT2D eigenvalue weighted by atomic mass is 9.95. The highest BCUT2D eigenvalue weighted by Gasteiger charge is 2.31. The van der Waals surface area contributed by atoms with Crippen molar-refractivity contribution in [2.24, 2.45) is 15.5 Å². The second-order valence-electron chi connectivity index (χ2n) is 7.98. The second kappa shape index (κ2) is 7.12. The maximum atomic E-state index is 12.5. The van der Waals surface area contributed by atoms with E-state index in [4.69, 9.17) is 10.5 Å². The number of hydrazine groups is 1. The van der Waals surface area contributed by atoms with Gasteiger partial charge in [0.1, 0.15) is 18.2 Å². The summed E-state index contributed by atoms with van der Waals surface area (Å²) in [5, 5.41) is 1.67. The van der Waals surface area contributed by atoms with Crippen LogP contribution >= 0.6 is 0 Å². The van der Waals surface area contributed by atoms with Crippen molar-refractivity contribution in [2.75, 3.05) is 13.2 Å². The molecule has 3 rings (SSSR count). The monoisotopic (exact) mass is 394 g/mol. The molecule has 3 N–H and O–H groups in total. The van der Waals surface area contributed by atoms with Crippen LogP contribution in [-0.4, -0.2) is 44.4 Å². The van der Waals surface area contributed by atoms with E-state index in [0.717, 1.165) is 12.8 Å². The summed E-state index contributed by atoms with van der Waals surface area (Å²) in [6.07, 6.45) is 1.76. The van der Waals surface area contributed by atoms with Crippen molar-refractivity contribution in [3.8, 4) is 5.75 Å². The average molecular weight is 394 g/mol. The number of nitrogens with two attached hydrogens (primary N) is 1. The highest BCUT2D eigenvalue weighted by atomic mass is 32.2. The fraction of sp³-hybridized carbons (Fsp3) is 0.556. The van der Waals surface area contributed by atoms with Crippen molar-refractivity contribution in [1.82, 2.24) is 10.4 Å². The topological polar surface area (TPSA) is 114 Å². The van der Waals surface area contributed by atoms with Gasteiger partial charge in [0.25, 0.3) is 10.0 Å². The van der Waals surface area contributed by atoms with Crippen LogP contribution in [0.1, 0.15) is 44.7 Å². The first-order valence-electron chi connectivity index (χ1n) is 8.98. The molecule has 1 fully saturated rings. The van der Waals surface area contributed by atoms with E-state index in [2.05, 4.69) is 9.82 Å². The summed E-state index contributed by atoms with van der Waals surface area (Å²) < 4.78 is 33.1. The van der Waals surface area contributed by atoms with E-state index in [1.807, 2.05) is 20.8 Å². The Hall–Kier alpha value is -2.13. The normalized spacial score (nSPS) is 22.0. The Balaban J connectivity index is 1.71. The number of amides is 1. The Labute approximate surface area is 159 Å². The van der Waals surface area contributed by atoms with Gasteiger partial charge in [-0.05, 0) is 24.5 Å². The van der Waals surface area contributed by atoms with E-state index in [9.17, 15) is 13.2 Å². The fourth-order valence-corrected chi connectivity index (χ4v) is 4.34. The van der Waals surface area contributed by atoms with Crippen molar-refractivity contribution in [3.63, 3.8) is 0 Å². The van der Waals surface area contributed by atoms with E-state index < -0.39 is 15.4 Å². The molecule has 1 aromatic carbocycles. The zero-order valence-electron chi connectivity index (χ0n) is 15.9. The number of nitrogens with one attached hydrogen (secondary N) is 1. The fourth-order valence-electron chi connectivity index (χ4n) is 3.25. The largest absolute Gasteiger partial charge is 0.491 e. The molecular weight excluding hydrogens is 368 g/mol. The van der Waals surface area contributed by atoms with Crippen LogP contribution in [0.5, 0.6) is 5.75 Å². The molecule has 0 bridgehead atoms. The lowest BCUT2D eigenvalue weighted by Crippen LogP contribution is -2.56. The number of benzene rings is 1. The van der Waals surface area contributed by atoms with E-state index in [1.54, 1.807) is 23.2 Å². The summed E-state index contributed by atoms with van der Waals surface area (Å²) in [6.45, 7) is 6.69. The van der Waals surface area contributed by atoms with Crippen LogP contribution in [0, 0.1) is 5.41 Å². The summed E-state index contributed by atoms with van der Waals surface area (Å²) in [5.41, 5.74) is 9.76. The van der Waals surface area contributed by atoms with Crippen LogP contribution in [0.2, 0.25) is 0 Å². The van der Waals surface area contributed by atoms with Gasteiger partial charge in [0.15, 0.2) is 0 Å². The number of ether oxygens (including phenoxy) is 1. The number of carbonyl (C=O) groups is 1. The van der Waals surface area contributed by atoms with Gasteiger partial charge in [-0.3, -0.25) is 9.80 Å². The summed E-state index contributed by atoms with van der Waals surface area (Å²) in [6, 6.07) is 5.18. The van der Waals surface area contributed by atoms with Gasteiger partial charge >= 0.3 is 0 Å². The van der Waals surface area contributed by atoms with E-state index in [-0.39, 0.29) is 23.5 Å². The molecule has 0 saturated carbocycles. The molecule has 1 saturated heterocycles. The standard InChI is InChI=1S/C18H26N4O4S/c1-18(2,3)17(23)22-9-5-7-13(20-22)10-26-14-8-4-6-12-11-27(24,25)21-16(19)15(12)14/h4,6,8,13,20H,5,7,9-11H2,1-3H3,(H2,19,21)/t13-/m1/s1. The van der Waals surface area contributed by atoms with Crippen molar-refractivity contribution in [1.29, 1.82) is 0 Å². The summed E-state index contributed by atoms with van der Waals surface area (Å²) in [4.78, 5) is 12.5. The maximum Gasteiger partial charge on any atom is 0.259 e. The highest BCUT2D eigenvalue weighted by molar-refractivity contribution is 7.89. The summed E-state index contributed by atoms with van der Waals surface area (Å²) >= 11 is 0. The SMILES string of the molecule is CC(C)(C)C(=O)N1CCC[C@H](COc2cccc3c2C(N)=NS(=O)(=O)C3)N1. The summed E-state index contributed by atoms with van der Waals surface area (Å²) in [7, 11) is -3.58. The van der Waals surface area contributed by atoms with Crippen molar-refractivity contribution >= 4 is 21.8 Å². The van der Waals surface area contributed by atoms with Crippen LogP contribution in [-0.2, 0) is 20.6 Å². The third-order valence-electron chi connectivity index (χ3n) is 4.54. The van der Waals surface area contributed by atoms with Gasteiger partial charge in [-0.1, -0.05) is 32.9 Å². The van der Waals surface area contributed by atoms with Gasteiger partial charge in [-0.2, -0.15) is 0 Å². The van der Waals surface area contributed by atoms with E-state index in [1.165, 1.54) is 0 Å². The molecule has 0 radical (unpaired) electrons. The van der Waals surface area contributed by atoms with Crippen molar-refractivity contribution in [3.05, 3.63) is 29.3 Å². The Kier molecular flexibility index (Phi) is 5.18. The number of rotatable bonds is 3. The number of carbonyl (C=O) groups excluding carboxylic acids is 1. The zero-order chi connectivity index (χ0) is 19.8. The number of hydrogen-bond donors (Lipinski definition) is 2. The van der Waals surface area contributed by atoms with Gasteiger partial charge in [0, 0.05) is 12.0 Å². The van der Waals surface area contributed by atoms with Gasteiger partial charge in [-0.15, -0.1) is 4.40 Å². The van der Waals surface area contributed by atoms with Gasteiger partial charge in [0.05, 0.1) is 17.4 Å². The average Bonchev–Trinajstić information content (AvgIpc) is 2.57.